The summed E-state index contributed by atoms with van der Waals surface area (Å²) in [5.41, 5.74) is 0.989. The van der Waals surface area contributed by atoms with Crippen LogP contribution in [0.3, 0.4) is 0 Å². The molecule has 0 aromatic heterocycles. The zero-order valence-electron chi connectivity index (χ0n) is 10.5. The van der Waals surface area contributed by atoms with Gasteiger partial charge in [0.1, 0.15) is 6.61 Å². The number of hydrogen-bond donors (Lipinski definition) is 1. The number of allylic oxidation sites excluding steroid dienone is 1. The molecular formula is C14H16ClNO3. The average molecular weight is 282 g/mol. The first kappa shape index (κ1) is 13.9. The summed E-state index contributed by atoms with van der Waals surface area (Å²) in [6.45, 7) is 1.05. The minimum atomic E-state index is -0.320. The van der Waals surface area contributed by atoms with E-state index in [2.05, 4.69) is 0 Å². The Kier molecular flexibility index (Phi) is 4.82. The zero-order valence-corrected chi connectivity index (χ0v) is 11.2. The second-order valence-electron chi connectivity index (χ2n) is 4.36. The standard InChI is InChI=1S/C14H16ClNO3/c15-13-5-1-3-11(9-13)12(10-17)4-2-6-16-7-8-19-14(16)18/h1-3,5-6,9,12,17H,4,7-8,10H2/b6-2+. The molecule has 1 fully saturated rings. The predicted molar refractivity (Wildman–Crippen MR) is 73.1 cm³/mol. The molecule has 1 aromatic carbocycles. The van der Waals surface area contributed by atoms with Crippen LogP contribution in [0.2, 0.25) is 5.02 Å². The smallest absolute Gasteiger partial charge is 0.413 e. The lowest BCUT2D eigenvalue weighted by Crippen LogP contribution is -2.16. The van der Waals surface area contributed by atoms with Crippen LogP contribution >= 0.6 is 11.6 Å². The van der Waals surface area contributed by atoms with Crippen molar-refractivity contribution in [1.29, 1.82) is 0 Å². The molecule has 19 heavy (non-hydrogen) atoms. The Hall–Kier alpha value is -1.52. The van der Waals surface area contributed by atoms with Crippen LogP contribution in [0.1, 0.15) is 17.9 Å². The van der Waals surface area contributed by atoms with Gasteiger partial charge in [-0.05, 0) is 24.1 Å². The molecule has 2 rings (SSSR count). The zero-order chi connectivity index (χ0) is 13.7. The molecule has 0 radical (unpaired) electrons. The number of ether oxygens (including phenoxy) is 1. The summed E-state index contributed by atoms with van der Waals surface area (Å²) < 4.78 is 4.82. The summed E-state index contributed by atoms with van der Waals surface area (Å²) >= 11 is 5.93. The van der Waals surface area contributed by atoms with Crippen LogP contribution in [-0.4, -0.2) is 35.9 Å². The van der Waals surface area contributed by atoms with Crippen LogP contribution in [0.5, 0.6) is 0 Å². The van der Waals surface area contributed by atoms with Crippen molar-refractivity contribution in [3.8, 4) is 0 Å². The van der Waals surface area contributed by atoms with Crippen molar-refractivity contribution < 1.29 is 14.6 Å². The molecule has 1 aliphatic rings. The minimum Gasteiger partial charge on any atom is -0.447 e. The number of benzene rings is 1. The van der Waals surface area contributed by atoms with Crippen LogP contribution in [0, 0.1) is 0 Å². The van der Waals surface area contributed by atoms with Gasteiger partial charge in [0.25, 0.3) is 0 Å². The van der Waals surface area contributed by atoms with E-state index in [1.165, 1.54) is 4.90 Å². The van der Waals surface area contributed by atoms with Crippen molar-refractivity contribution in [2.75, 3.05) is 19.8 Å². The first-order valence-electron chi connectivity index (χ1n) is 6.17. The van der Waals surface area contributed by atoms with Gasteiger partial charge in [-0.15, -0.1) is 0 Å². The number of hydrogen-bond acceptors (Lipinski definition) is 3. The molecule has 1 saturated heterocycles. The molecule has 1 N–H and O–H groups in total. The molecular weight excluding hydrogens is 266 g/mol. The summed E-state index contributed by atoms with van der Waals surface area (Å²) in [5, 5.41) is 10.1. The summed E-state index contributed by atoms with van der Waals surface area (Å²) in [4.78, 5) is 12.7. The fourth-order valence-corrected chi connectivity index (χ4v) is 2.17. The molecule has 0 spiro atoms. The van der Waals surface area contributed by atoms with Crippen molar-refractivity contribution in [3.05, 3.63) is 47.1 Å². The molecule has 1 aliphatic heterocycles. The third-order valence-corrected chi connectivity index (χ3v) is 3.27. The number of cyclic esters (lactones) is 1. The van der Waals surface area contributed by atoms with Crippen LogP contribution in [0.15, 0.2) is 36.5 Å². The second-order valence-corrected chi connectivity index (χ2v) is 4.80. The van der Waals surface area contributed by atoms with Gasteiger partial charge in [0, 0.05) is 17.1 Å². The average Bonchev–Trinajstić information content (AvgIpc) is 2.80. The van der Waals surface area contributed by atoms with E-state index in [0.29, 0.717) is 24.6 Å². The molecule has 0 bridgehead atoms. The molecule has 0 saturated carbocycles. The van der Waals surface area contributed by atoms with E-state index in [1.54, 1.807) is 12.3 Å². The topological polar surface area (TPSA) is 49.8 Å². The second kappa shape index (κ2) is 6.59. The monoisotopic (exact) mass is 281 g/mol. The van der Waals surface area contributed by atoms with Crippen LogP contribution in [-0.2, 0) is 4.74 Å². The lowest BCUT2D eigenvalue weighted by Gasteiger charge is -2.13. The first-order chi connectivity index (χ1) is 9.20. The maximum absolute atomic E-state index is 11.2. The summed E-state index contributed by atoms with van der Waals surface area (Å²) in [7, 11) is 0. The van der Waals surface area contributed by atoms with E-state index in [4.69, 9.17) is 16.3 Å². The van der Waals surface area contributed by atoms with Gasteiger partial charge in [-0.1, -0.05) is 29.8 Å². The Morgan fingerprint density at radius 1 is 1.53 bits per heavy atom. The fraction of sp³-hybridized carbons (Fsp3) is 0.357. The SMILES string of the molecule is O=C1OCCN1/C=C/CC(CO)c1cccc(Cl)c1. The quantitative estimate of drug-likeness (QED) is 0.903. The van der Waals surface area contributed by atoms with Crippen molar-refractivity contribution >= 4 is 17.7 Å². The van der Waals surface area contributed by atoms with E-state index >= 15 is 0 Å². The van der Waals surface area contributed by atoms with Crippen molar-refractivity contribution in [1.82, 2.24) is 4.90 Å². The fourth-order valence-electron chi connectivity index (χ4n) is 1.97. The summed E-state index contributed by atoms with van der Waals surface area (Å²) in [5.74, 6) is -0.0198. The van der Waals surface area contributed by atoms with Crippen molar-refractivity contribution in [2.24, 2.45) is 0 Å². The van der Waals surface area contributed by atoms with Crippen molar-refractivity contribution in [3.63, 3.8) is 0 Å². The van der Waals surface area contributed by atoms with Gasteiger partial charge in [-0.2, -0.15) is 0 Å². The maximum Gasteiger partial charge on any atom is 0.413 e. The van der Waals surface area contributed by atoms with Gasteiger partial charge in [-0.25, -0.2) is 4.79 Å². The van der Waals surface area contributed by atoms with Gasteiger partial charge in [-0.3, -0.25) is 4.90 Å². The Labute approximate surface area is 117 Å². The highest BCUT2D eigenvalue weighted by Crippen LogP contribution is 2.22. The number of rotatable bonds is 5. The van der Waals surface area contributed by atoms with Gasteiger partial charge >= 0.3 is 6.09 Å². The summed E-state index contributed by atoms with van der Waals surface area (Å²) in [6.07, 6.45) is 3.90. The van der Waals surface area contributed by atoms with E-state index < -0.39 is 0 Å². The maximum atomic E-state index is 11.2. The molecule has 1 unspecified atom stereocenters. The largest absolute Gasteiger partial charge is 0.447 e. The molecule has 1 atom stereocenters. The highest BCUT2D eigenvalue weighted by atomic mass is 35.5. The number of aliphatic hydroxyl groups excluding tert-OH is 1. The van der Waals surface area contributed by atoms with E-state index in [9.17, 15) is 9.90 Å². The van der Waals surface area contributed by atoms with Gasteiger partial charge in [0.15, 0.2) is 0 Å². The number of aliphatic hydroxyl groups is 1. The van der Waals surface area contributed by atoms with E-state index in [0.717, 1.165) is 5.56 Å². The molecule has 1 amide bonds. The van der Waals surface area contributed by atoms with Gasteiger partial charge < -0.3 is 9.84 Å². The molecule has 0 aliphatic carbocycles. The molecule has 1 heterocycles. The van der Waals surface area contributed by atoms with Crippen LogP contribution in [0.4, 0.5) is 4.79 Å². The molecule has 4 nitrogen and oxygen atoms in total. The Morgan fingerprint density at radius 3 is 3.00 bits per heavy atom. The summed E-state index contributed by atoms with van der Waals surface area (Å²) in [6, 6.07) is 7.45. The van der Waals surface area contributed by atoms with Gasteiger partial charge in [0.2, 0.25) is 0 Å². The number of amides is 1. The van der Waals surface area contributed by atoms with Gasteiger partial charge in [0.05, 0.1) is 13.2 Å². The molecule has 1 aromatic rings. The Bertz CT molecular complexity index is 476. The number of carbonyl (C=O) groups excluding carboxylic acids is 1. The Morgan fingerprint density at radius 2 is 2.37 bits per heavy atom. The van der Waals surface area contributed by atoms with Crippen LogP contribution in [0.25, 0.3) is 0 Å². The van der Waals surface area contributed by atoms with Crippen molar-refractivity contribution in [2.45, 2.75) is 12.3 Å². The highest BCUT2D eigenvalue weighted by molar-refractivity contribution is 6.30. The Balaban J connectivity index is 1.96. The normalized spacial score (nSPS) is 16.9. The predicted octanol–water partition coefficient (Wildman–Crippen LogP) is 2.77. The van der Waals surface area contributed by atoms with Crippen LogP contribution < -0.4 is 0 Å². The minimum absolute atomic E-state index is 0.0198. The number of carbonyl (C=O) groups is 1. The number of halogens is 1. The first-order valence-corrected chi connectivity index (χ1v) is 6.55. The van der Waals surface area contributed by atoms with E-state index in [-0.39, 0.29) is 18.6 Å². The lowest BCUT2D eigenvalue weighted by molar-refractivity contribution is 0.166. The number of nitrogens with zero attached hydrogens (tertiary/aromatic N) is 1. The highest BCUT2D eigenvalue weighted by Gasteiger charge is 2.19. The third-order valence-electron chi connectivity index (χ3n) is 3.04. The third kappa shape index (κ3) is 3.72. The molecule has 102 valence electrons. The lowest BCUT2D eigenvalue weighted by atomic mass is 9.97. The molecule has 5 heteroatoms. The van der Waals surface area contributed by atoms with E-state index in [1.807, 2.05) is 24.3 Å².